The highest BCUT2D eigenvalue weighted by Gasteiger charge is 2.13. The third kappa shape index (κ3) is 5.03. The molecule has 2 aromatic carbocycles. The molecule has 0 aliphatic carbocycles. The number of aromatic nitrogens is 3. The van der Waals surface area contributed by atoms with Crippen LogP contribution in [0.2, 0.25) is 0 Å². The standard InChI is InChI=1S/C24H24FN5O2/c1-2-32-20-12-10-19(11-13-20)28-24(31)27-15-4-16-30-22(17-6-8-18(25)9-7-17)29-21-5-3-14-26-23(21)30/h3,5-14H,2,4,15-16H2,1H3,(H2,27,28,31). The molecule has 2 N–H and O–H groups in total. The number of carbonyl (C=O) groups excluding carboxylic acids is 1. The van der Waals surface area contributed by atoms with Gasteiger partial charge in [0.25, 0.3) is 0 Å². The van der Waals surface area contributed by atoms with Crippen LogP contribution >= 0.6 is 0 Å². The second kappa shape index (κ2) is 9.91. The highest BCUT2D eigenvalue weighted by molar-refractivity contribution is 5.89. The van der Waals surface area contributed by atoms with E-state index in [9.17, 15) is 9.18 Å². The third-order valence-electron chi connectivity index (χ3n) is 4.87. The van der Waals surface area contributed by atoms with Crippen LogP contribution in [-0.4, -0.2) is 33.7 Å². The summed E-state index contributed by atoms with van der Waals surface area (Å²) in [5.41, 5.74) is 3.03. The molecule has 164 valence electrons. The summed E-state index contributed by atoms with van der Waals surface area (Å²) in [5, 5.41) is 5.67. The number of hydrogen-bond donors (Lipinski definition) is 2. The van der Waals surface area contributed by atoms with Gasteiger partial charge in [0.15, 0.2) is 5.65 Å². The third-order valence-corrected chi connectivity index (χ3v) is 4.87. The monoisotopic (exact) mass is 433 g/mol. The number of imidazole rings is 1. The van der Waals surface area contributed by atoms with Crippen LogP contribution in [0.1, 0.15) is 13.3 Å². The van der Waals surface area contributed by atoms with Crippen molar-refractivity contribution in [2.45, 2.75) is 19.9 Å². The summed E-state index contributed by atoms with van der Waals surface area (Å²) in [6.45, 7) is 3.59. The Morgan fingerprint density at radius 1 is 1.09 bits per heavy atom. The van der Waals surface area contributed by atoms with Crippen LogP contribution in [0.25, 0.3) is 22.6 Å². The molecule has 0 unspecified atom stereocenters. The second-order valence-electron chi connectivity index (χ2n) is 7.13. The number of halogens is 1. The fraction of sp³-hybridized carbons (Fsp3) is 0.208. The first-order valence-corrected chi connectivity index (χ1v) is 10.5. The molecule has 2 heterocycles. The lowest BCUT2D eigenvalue weighted by atomic mass is 10.2. The number of fused-ring (bicyclic) bond motifs is 1. The predicted molar refractivity (Wildman–Crippen MR) is 122 cm³/mol. The van der Waals surface area contributed by atoms with Crippen LogP contribution in [0.4, 0.5) is 14.9 Å². The van der Waals surface area contributed by atoms with E-state index in [-0.39, 0.29) is 11.8 Å². The molecule has 0 saturated carbocycles. The van der Waals surface area contributed by atoms with Gasteiger partial charge < -0.3 is 19.9 Å². The molecule has 0 aliphatic rings. The number of ether oxygens (including phenoxy) is 1. The summed E-state index contributed by atoms with van der Waals surface area (Å²) >= 11 is 0. The minimum Gasteiger partial charge on any atom is -0.494 e. The quantitative estimate of drug-likeness (QED) is 0.389. The van der Waals surface area contributed by atoms with Gasteiger partial charge in [-0.3, -0.25) is 0 Å². The van der Waals surface area contributed by atoms with Gasteiger partial charge in [-0.25, -0.2) is 19.2 Å². The molecule has 0 bridgehead atoms. The lowest BCUT2D eigenvalue weighted by molar-refractivity contribution is 0.252. The van der Waals surface area contributed by atoms with Crippen molar-refractivity contribution >= 4 is 22.9 Å². The summed E-state index contributed by atoms with van der Waals surface area (Å²) in [7, 11) is 0. The zero-order chi connectivity index (χ0) is 22.3. The topological polar surface area (TPSA) is 81.1 Å². The van der Waals surface area contributed by atoms with E-state index in [2.05, 4.69) is 20.6 Å². The molecular formula is C24H24FN5O2. The lowest BCUT2D eigenvalue weighted by Gasteiger charge is -2.11. The van der Waals surface area contributed by atoms with Gasteiger partial charge in [-0.05, 0) is 74.0 Å². The van der Waals surface area contributed by atoms with Crippen molar-refractivity contribution in [3.63, 3.8) is 0 Å². The highest BCUT2D eigenvalue weighted by atomic mass is 19.1. The summed E-state index contributed by atoms with van der Waals surface area (Å²) in [6, 6.07) is 16.9. The zero-order valence-corrected chi connectivity index (χ0v) is 17.7. The van der Waals surface area contributed by atoms with Crippen LogP contribution in [0, 0.1) is 5.82 Å². The second-order valence-corrected chi connectivity index (χ2v) is 7.13. The number of pyridine rings is 1. The first-order valence-electron chi connectivity index (χ1n) is 10.5. The minimum absolute atomic E-state index is 0.276. The Morgan fingerprint density at radius 2 is 1.88 bits per heavy atom. The highest BCUT2D eigenvalue weighted by Crippen LogP contribution is 2.24. The fourth-order valence-electron chi connectivity index (χ4n) is 3.41. The van der Waals surface area contributed by atoms with Gasteiger partial charge in [0.05, 0.1) is 6.61 Å². The van der Waals surface area contributed by atoms with Crippen LogP contribution < -0.4 is 15.4 Å². The molecule has 4 rings (SSSR count). The van der Waals surface area contributed by atoms with Crippen LogP contribution in [0.15, 0.2) is 66.9 Å². The Bertz CT molecular complexity index is 1190. The van der Waals surface area contributed by atoms with E-state index in [1.165, 1.54) is 12.1 Å². The van der Waals surface area contributed by atoms with E-state index in [0.717, 1.165) is 28.3 Å². The number of benzene rings is 2. The van der Waals surface area contributed by atoms with Gasteiger partial charge in [0.1, 0.15) is 22.9 Å². The molecule has 0 atom stereocenters. The first-order chi connectivity index (χ1) is 15.6. The lowest BCUT2D eigenvalue weighted by Crippen LogP contribution is -2.30. The Morgan fingerprint density at radius 3 is 2.62 bits per heavy atom. The van der Waals surface area contributed by atoms with Crippen molar-refractivity contribution < 1.29 is 13.9 Å². The number of carbonyl (C=O) groups is 1. The Kier molecular flexibility index (Phi) is 6.60. The van der Waals surface area contributed by atoms with E-state index in [0.29, 0.717) is 31.8 Å². The van der Waals surface area contributed by atoms with Gasteiger partial charge in [-0.15, -0.1) is 0 Å². The van der Waals surface area contributed by atoms with Crippen molar-refractivity contribution in [2.75, 3.05) is 18.5 Å². The number of hydrogen-bond acceptors (Lipinski definition) is 4. The van der Waals surface area contributed by atoms with Gasteiger partial charge in [0, 0.05) is 30.5 Å². The van der Waals surface area contributed by atoms with Gasteiger partial charge in [-0.1, -0.05) is 0 Å². The first kappa shape index (κ1) is 21.3. The molecule has 4 aromatic rings. The number of aryl methyl sites for hydroxylation is 1. The molecule has 0 aliphatic heterocycles. The molecule has 0 spiro atoms. The molecule has 0 fully saturated rings. The van der Waals surface area contributed by atoms with E-state index < -0.39 is 0 Å². The summed E-state index contributed by atoms with van der Waals surface area (Å²) in [6.07, 6.45) is 2.39. The molecule has 32 heavy (non-hydrogen) atoms. The molecular weight excluding hydrogens is 409 g/mol. The van der Waals surface area contributed by atoms with Crippen LogP contribution in [-0.2, 0) is 6.54 Å². The number of amides is 2. The van der Waals surface area contributed by atoms with Gasteiger partial charge in [-0.2, -0.15) is 0 Å². The smallest absolute Gasteiger partial charge is 0.319 e. The molecule has 7 nitrogen and oxygen atoms in total. The maximum atomic E-state index is 13.4. The normalized spacial score (nSPS) is 10.8. The number of nitrogens with one attached hydrogen (secondary N) is 2. The molecule has 0 radical (unpaired) electrons. The van der Waals surface area contributed by atoms with Gasteiger partial charge in [0.2, 0.25) is 0 Å². The van der Waals surface area contributed by atoms with Crippen molar-refractivity contribution in [1.82, 2.24) is 19.9 Å². The van der Waals surface area contributed by atoms with E-state index in [1.54, 1.807) is 30.5 Å². The predicted octanol–water partition coefficient (Wildman–Crippen LogP) is 4.85. The van der Waals surface area contributed by atoms with E-state index in [4.69, 9.17) is 4.74 Å². The van der Waals surface area contributed by atoms with Crippen LogP contribution in [0.5, 0.6) is 5.75 Å². The minimum atomic E-state index is -0.294. The van der Waals surface area contributed by atoms with Crippen molar-refractivity contribution in [1.29, 1.82) is 0 Å². The zero-order valence-electron chi connectivity index (χ0n) is 17.7. The van der Waals surface area contributed by atoms with Crippen molar-refractivity contribution in [3.8, 4) is 17.1 Å². The average molecular weight is 433 g/mol. The summed E-state index contributed by atoms with van der Waals surface area (Å²) in [4.78, 5) is 21.3. The molecule has 8 heteroatoms. The van der Waals surface area contributed by atoms with Gasteiger partial charge >= 0.3 is 6.03 Å². The molecule has 2 amide bonds. The Hall–Kier alpha value is -3.94. The largest absolute Gasteiger partial charge is 0.494 e. The molecule has 2 aromatic heterocycles. The SMILES string of the molecule is CCOc1ccc(NC(=O)NCCCn2c(-c3ccc(F)cc3)nc3cccnc32)cc1. The van der Waals surface area contributed by atoms with E-state index in [1.807, 2.05) is 35.8 Å². The number of rotatable bonds is 8. The number of nitrogens with zero attached hydrogens (tertiary/aromatic N) is 3. The average Bonchev–Trinajstić information content (AvgIpc) is 3.17. The van der Waals surface area contributed by atoms with Crippen molar-refractivity contribution in [3.05, 3.63) is 72.7 Å². The Balaban J connectivity index is 1.37. The fourth-order valence-corrected chi connectivity index (χ4v) is 3.41. The number of urea groups is 1. The Labute approximate surface area is 185 Å². The summed E-state index contributed by atoms with van der Waals surface area (Å²) < 4.78 is 20.7. The maximum absolute atomic E-state index is 13.4. The van der Waals surface area contributed by atoms with Crippen LogP contribution in [0.3, 0.4) is 0 Å². The summed E-state index contributed by atoms with van der Waals surface area (Å²) in [5.74, 6) is 1.19. The van der Waals surface area contributed by atoms with E-state index >= 15 is 0 Å². The van der Waals surface area contributed by atoms with Crippen molar-refractivity contribution in [2.24, 2.45) is 0 Å². The molecule has 0 saturated heterocycles. The number of anilines is 1. The maximum Gasteiger partial charge on any atom is 0.319 e.